The second-order valence-corrected chi connectivity index (χ2v) is 21.3. The molecule has 0 aliphatic carbocycles. The molecule has 0 saturated heterocycles. The van der Waals surface area contributed by atoms with E-state index in [9.17, 15) is 14.4 Å². The first-order valence-electron chi connectivity index (χ1n) is 32.4. The molecule has 77 heavy (non-hydrogen) atoms. The molecule has 0 aromatic carbocycles. The quantitative estimate of drug-likeness (QED) is 0.0261. The highest BCUT2D eigenvalue weighted by Gasteiger charge is 2.19. The molecule has 0 radical (unpaired) electrons. The predicted molar refractivity (Wildman–Crippen MR) is 334 cm³/mol. The molecule has 0 fully saturated rings. The Bertz CT molecular complexity index is 1560. The first kappa shape index (κ1) is 73.1. The second-order valence-electron chi connectivity index (χ2n) is 21.3. The number of carbonyl (C=O) groups is 3. The molecule has 0 spiro atoms. The maximum atomic E-state index is 12.9. The van der Waals surface area contributed by atoms with Gasteiger partial charge in [-0.2, -0.15) is 0 Å². The molecule has 0 bridgehead atoms. The summed E-state index contributed by atoms with van der Waals surface area (Å²) < 4.78 is 16.9. The van der Waals surface area contributed by atoms with E-state index >= 15 is 0 Å². The third-order valence-electron chi connectivity index (χ3n) is 13.8. The van der Waals surface area contributed by atoms with Crippen molar-refractivity contribution in [3.63, 3.8) is 0 Å². The summed E-state index contributed by atoms with van der Waals surface area (Å²) in [6.45, 7) is 6.37. The van der Waals surface area contributed by atoms with Crippen molar-refractivity contribution in [3.8, 4) is 0 Å². The van der Waals surface area contributed by atoms with Crippen molar-refractivity contribution in [1.82, 2.24) is 0 Å². The van der Waals surface area contributed by atoms with Crippen LogP contribution in [0, 0.1) is 0 Å². The van der Waals surface area contributed by atoms with Crippen LogP contribution in [0.3, 0.4) is 0 Å². The molecule has 0 heterocycles. The summed E-state index contributed by atoms with van der Waals surface area (Å²) in [6.07, 6.45) is 88.3. The lowest BCUT2D eigenvalue weighted by atomic mass is 10.0. The Morgan fingerprint density at radius 2 is 0.532 bits per heavy atom. The van der Waals surface area contributed by atoms with Crippen LogP contribution in [0.15, 0.2) is 109 Å². The summed E-state index contributed by atoms with van der Waals surface area (Å²) in [6, 6.07) is 0. The van der Waals surface area contributed by atoms with E-state index in [-0.39, 0.29) is 37.5 Å². The summed E-state index contributed by atoms with van der Waals surface area (Å²) in [5.41, 5.74) is 0. The molecule has 0 amide bonds. The minimum atomic E-state index is -0.811. The van der Waals surface area contributed by atoms with Gasteiger partial charge in [-0.1, -0.05) is 284 Å². The first-order valence-corrected chi connectivity index (χ1v) is 32.4. The Hall–Kier alpha value is -3.93. The fourth-order valence-electron chi connectivity index (χ4n) is 8.97. The number of hydrogen-bond acceptors (Lipinski definition) is 6. The van der Waals surface area contributed by atoms with Gasteiger partial charge in [-0.25, -0.2) is 0 Å². The monoisotopic (exact) mass is 1070 g/mol. The lowest BCUT2D eigenvalue weighted by Crippen LogP contribution is -2.30. The Balaban J connectivity index is 4.35. The smallest absolute Gasteiger partial charge is 0.306 e. The first-order chi connectivity index (χ1) is 38.0. The molecule has 1 unspecified atom stereocenters. The van der Waals surface area contributed by atoms with Crippen LogP contribution in [0.5, 0.6) is 0 Å². The van der Waals surface area contributed by atoms with E-state index in [4.69, 9.17) is 14.2 Å². The number of carbonyl (C=O) groups excluding carboxylic acids is 3. The molecule has 0 N–H and O–H groups in total. The van der Waals surface area contributed by atoms with Crippen molar-refractivity contribution < 1.29 is 28.6 Å². The zero-order chi connectivity index (χ0) is 55.7. The molecule has 6 nitrogen and oxygen atoms in total. The highest BCUT2D eigenvalue weighted by atomic mass is 16.6. The minimum Gasteiger partial charge on any atom is -0.462 e. The minimum absolute atomic E-state index is 0.102. The van der Waals surface area contributed by atoms with E-state index in [0.29, 0.717) is 19.3 Å². The second kappa shape index (κ2) is 64.6. The van der Waals surface area contributed by atoms with Gasteiger partial charge in [-0.05, 0) is 109 Å². The van der Waals surface area contributed by atoms with Crippen molar-refractivity contribution in [2.75, 3.05) is 13.2 Å². The van der Waals surface area contributed by atoms with Gasteiger partial charge in [-0.15, -0.1) is 0 Å². The molecule has 0 aromatic rings. The lowest BCUT2D eigenvalue weighted by molar-refractivity contribution is -0.166. The number of hydrogen-bond donors (Lipinski definition) is 0. The molecular weight excluding hydrogens is 949 g/mol. The Kier molecular flexibility index (Phi) is 61.3. The van der Waals surface area contributed by atoms with Gasteiger partial charge in [0.2, 0.25) is 0 Å². The van der Waals surface area contributed by atoms with Gasteiger partial charge in [0.25, 0.3) is 0 Å². The third-order valence-corrected chi connectivity index (χ3v) is 13.8. The number of allylic oxidation sites excluding steroid dienone is 18. The number of unbranched alkanes of at least 4 members (excludes halogenated alkanes) is 29. The zero-order valence-electron chi connectivity index (χ0n) is 50.4. The molecule has 0 saturated carbocycles. The average Bonchev–Trinajstić information content (AvgIpc) is 3.43. The number of esters is 3. The molecular formula is C71H120O6. The van der Waals surface area contributed by atoms with Crippen LogP contribution in [-0.4, -0.2) is 37.2 Å². The lowest BCUT2D eigenvalue weighted by Gasteiger charge is -2.18. The van der Waals surface area contributed by atoms with Crippen molar-refractivity contribution in [3.05, 3.63) is 109 Å². The highest BCUT2D eigenvalue weighted by molar-refractivity contribution is 5.71. The van der Waals surface area contributed by atoms with Crippen molar-refractivity contribution in [2.24, 2.45) is 0 Å². The van der Waals surface area contributed by atoms with Crippen molar-refractivity contribution >= 4 is 17.9 Å². The molecule has 0 aliphatic rings. The maximum absolute atomic E-state index is 12.9. The number of rotatable bonds is 58. The fourth-order valence-corrected chi connectivity index (χ4v) is 8.97. The van der Waals surface area contributed by atoms with E-state index in [1.165, 1.54) is 167 Å². The van der Waals surface area contributed by atoms with Gasteiger partial charge in [0.15, 0.2) is 6.10 Å². The maximum Gasteiger partial charge on any atom is 0.306 e. The van der Waals surface area contributed by atoms with Crippen LogP contribution in [-0.2, 0) is 28.6 Å². The molecule has 6 heteroatoms. The average molecular weight is 1070 g/mol. The van der Waals surface area contributed by atoms with Crippen LogP contribution in [0.2, 0.25) is 0 Å². The molecule has 440 valence electrons. The van der Waals surface area contributed by atoms with Gasteiger partial charge < -0.3 is 14.2 Å². The van der Waals surface area contributed by atoms with Gasteiger partial charge >= 0.3 is 17.9 Å². The van der Waals surface area contributed by atoms with Crippen LogP contribution in [0.1, 0.15) is 303 Å². The van der Waals surface area contributed by atoms with E-state index in [2.05, 4.69) is 124 Å². The Morgan fingerprint density at radius 1 is 0.273 bits per heavy atom. The largest absolute Gasteiger partial charge is 0.462 e. The summed E-state index contributed by atoms with van der Waals surface area (Å²) in [7, 11) is 0. The summed E-state index contributed by atoms with van der Waals surface area (Å²) in [5.74, 6) is -0.983. The zero-order valence-corrected chi connectivity index (χ0v) is 50.4. The predicted octanol–water partition coefficient (Wildman–Crippen LogP) is 22.2. The van der Waals surface area contributed by atoms with Gasteiger partial charge in [0.05, 0.1) is 0 Å². The SMILES string of the molecule is CC/C=C\C/C=C\C/C=C\C/C=C\CCCCCCCCCCCCCCC(=O)OCC(COC(=O)CC/C=C\C/C=C\C/C=C\C/C=C\CC)OC(=O)CCCCCCCCCCC/C=C\CCCCCCCCCC. The normalized spacial score (nSPS) is 12.8. The van der Waals surface area contributed by atoms with E-state index < -0.39 is 6.10 Å². The Labute approximate surface area is 476 Å². The van der Waals surface area contributed by atoms with Crippen LogP contribution >= 0.6 is 0 Å². The highest BCUT2D eigenvalue weighted by Crippen LogP contribution is 2.16. The van der Waals surface area contributed by atoms with E-state index in [1.807, 2.05) is 6.08 Å². The molecule has 1 atom stereocenters. The Morgan fingerprint density at radius 3 is 0.883 bits per heavy atom. The summed E-state index contributed by atoms with van der Waals surface area (Å²) in [5, 5.41) is 0. The molecule has 0 aliphatic heterocycles. The standard InChI is InChI=1S/C71H120O6/c1-4-7-10-13-16-19-22-25-27-29-31-33-34-35-36-38-39-41-43-46-49-52-55-58-61-64-70(73)76-67-68(66-75-69(72)63-60-57-54-51-48-45-24-21-18-15-12-9-6-3)77-71(74)65-62-59-56-53-50-47-44-42-40-37-32-30-28-26-23-20-17-14-11-8-5-2/h7,9-10,12,16,18-19,21,25,27,30-33,45,48,54,57,68H,4-6,8,11,13-15,17,20,22-24,26,28-29,34-44,46-47,49-53,55-56,58-67H2,1-3H3/b10-7-,12-9-,19-16-,21-18-,27-25-,32-30-,33-31-,48-45-,57-54-. The topological polar surface area (TPSA) is 78.9 Å². The molecule has 0 rings (SSSR count). The van der Waals surface area contributed by atoms with Crippen LogP contribution in [0.25, 0.3) is 0 Å². The fraction of sp³-hybridized carbons (Fsp3) is 0.704. The number of ether oxygens (including phenoxy) is 3. The van der Waals surface area contributed by atoms with Crippen molar-refractivity contribution in [1.29, 1.82) is 0 Å². The van der Waals surface area contributed by atoms with Crippen molar-refractivity contribution in [2.45, 2.75) is 309 Å². The van der Waals surface area contributed by atoms with Crippen LogP contribution < -0.4 is 0 Å². The third kappa shape index (κ3) is 62.8. The van der Waals surface area contributed by atoms with E-state index in [1.54, 1.807) is 0 Å². The summed E-state index contributed by atoms with van der Waals surface area (Å²) >= 11 is 0. The van der Waals surface area contributed by atoms with Gasteiger partial charge in [-0.3, -0.25) is 14.4 Å². The van der Waals surface area contributed by atoms with Gasteiger partial charge in [0, 0.05) is 19.3 Å². The van der Waals surface area contributed by atoms with Crippen LogP contribution in [0.4, 0.5) is 0 Å². The molecule has 0 aromatic heterocycles. The van der Waals surface area contributed by atoms with Gasteiger partial charge in [0.1, 0.15) is 13.2 Å². The summed E-state index contributed by atoms with van der Waals surface area (Å²) in [4.78, 5) is 38.3. The van der Waals surface area contributed by atoms with E-state index in [0.717, 1.165) is 89.9 Å².